The van der Waals surface area contributed by atoms with Gasteiger partial charge in [-0.05, 0) is 83.7 Å². The van der Waals surface area contributed by atoms with Crippen molar-refractivity contribution in [2.75, 3.05) is 24.5 Å². The van der Waals surface area contributed by atoms with Crippen molar-refractivity contribution in [2.24, 2.45) is 5.92 Å². The third-order valence-corrected chi connectivity index (χ3v) is 9.50. The molecule has 0 aliphatic heterocycles. The number of carbonyl (C=O) groups excluding carboxylic acids is 2. The van der Waals surface area contributed by atoms with E-state index in [1.807, 2.05) is 20.8 Å². The highest BCUT2D eigenvalue weighted by Crippen LogP contribution is 2.31. The van der Waals surface area contributed by atoms with E-state index in [1.165, 1.54) is 30.2 Å². The van der Waals surface area contributed by atoms with E-state index in [0.717, 1.165) is 9.87 Å². The molecule has 0 aliphatic carbocycles. The van der Waals surface area contributed by atoms with E-state index in [0.29, 0.717) is 38.1 Å². The Balaban J connectivity index is 2.06. The molecule has 8 nitrogen and oxygen atoms in total. The number of methoxy groups -OCH3 is 1. The summed E-state index contributed by atoms with van der Waals surface area (Å²) in [6.45, 7) is 7.21. The largest absolute Gasteiger partial charge is 0.496 e. The minimum Gasteiger partial charge on any atom is -0.496 e. The Labute approximate surface area is 266 Å². The van der Waals surface area contributed by atoms with Crippen LogP contribution in [0.1, 0.15) is 31.9 Å². The first-order valence-corrected chi connectivity index (χ1v) is 16.2. The fourth-order valence-electron chi connectivity index (χ4n) is 4.04. The Bertz CT molecular complexity index is 1530. The molecule has 0 aromatic heterocycles. The average molecular weight is 699 g/mol. The van der Waals surface area contributed by atoms with Gasteiger partial charge in [-0.15, -0.1) is 0 Å². The molecule has 3 aromatic carbocycles. The lowest BCUT2D eigenvalue weighted by Crippen LogP contribution is -2.51. The van der Waals surface area contributed by atoms with E-state index in [9.17, 15) is 18.0 Å². The van der Waals surface area contributed by atoms with E-state index in [2.05, 4.69) is 21.2 Å². The van der Waals surface area contributed by atoms with Gasteiger partial charge in [-0.3, -0.25) is 13.9 Å². The second kappa shape index (κ2) is 14.6. The van der Waals surface area contributed by atoms with Crippen molar-refractivity contribution in [3.05, 3.63) is 86.3 Å². The SMILES string of the molecule is COc1ccc(S(=O)(=O)N(CC(=O)N(Cc2ccc(Cl)cc2Cl)[C@H](C)C(=O)NCC(C)C)c2ccc(C)cc2)cc1Br. The fraction of sp³-hybridized carbons (Fsp3) is 0.333. The van der Waals surface area contributed by atoms with E-state index >= 15 is 0 Å². The van der Waals surface area contributed by atoms with Gasteiger partial charge in [-0.25, -0.2) is 8.42 Å². The number of amides is 2. The van der Waals surface area contributed by atoms with Crippen LogP contribution in [0.2, 0.25) is 10.0 Å². The van der Waals surface area contributed by atoms with Gasteiger partial charge in [0.05, 0.1) is 22.2 Å². The molecule has 3 aromatic rings. The number of rotatable bonds is 12. The molecule has 0 saturated carbocycles. The van der Waals surface area contributed by atoms with Crippen LogP contribution in [0.5, 0.6) is 5.75 Å². The Kier molecular flexibility index (Phi) is 11.7. The van der Waals surface area contributed by atoms with Gasteiger partial charge in [0.15, 0.2) is 0 Å². The van der Waals surface area contributed by atoms with Crippen LogP contribution in [0.4, 0.5) is 5.69 Å². The number of nitrogens with one attached hydrogen (secondary N) is 1. The van der Waals surface area contributed by atoms with Crippen molar-refractivity contribution < 1.29 is 22.7 Å². The molecule has 0 heterocycles. The van der Waals surface area contributed by atoms with Crippen LogP contribution in [-0.4, -0.2) is 51.4 Å². The number of ether oxygens (including phenoxy) is 1. The molecule has 0 unspecified atom stereocenters. The van der Waals surface area contributed by atoms with Crippen LogP contribution in [-0.2, 0) is 26.2 Å². The van der Waals surface area contributed by atoms with Gasteiger partial charge in [0.1, 0.15) is 18.3 Å². The Morgan fingerprint density at radius 2 is 1.67 bits per heavy atom. The van der Waals surface area contributed by atoms with Gasteiger partial charge in [0, 0.05) is 23.1 Å². The van der Waals surface area contributed by atoms with Crippen molar-refractivity contribution in [1.29, 1.82) is 0 Å². The Morgan fingerprint density at radius 1 is 1.00 bits per heavy atom. The lowest BCUT2D eigenvalue weighted by molar-refractivity contribution is -0.139. The predicted octanol–water partition coefficient (Wildman–Crippen LogP) is 6.46. The molecule has 12 heteroatoms. The van der Waals surface area contributed by atoms with E-state index in [4.69, 9.17) is 27.9 Å². The van der Waals surface area contributed by atoms with Crippen LogP contribution in [0.3, 0.4) is 0 Å². The molecular formula is C30H34BrCl2N3O5S. The Morgan fingerprint density at radius 3 is 2.24 bits per heavy atom. The molecule has 0 bridgehead atoms. The van der Waals surface area contributed by atoms with E-state index < -0.39 is 28.5 Å². The molecule has 1 N–H and O–H groups in total. The molecular weight excluding hydrogens is 665 g/mol. The summed E-state index contributed by atoms with van der Waals surface area (Å²) >= 11 is 15.9. The summed E-state index contributed by atoms with van der Waals surface area (Å²) in [6, 6.07) is 15.1. The first kappa shape index (κ1) is 33.7. The van der Waals surface area contributed by atoms with Crippen molar-refractivity contribution in [3.63, 3.8) is 0 Å². The van der Waals surface area contributed by atoms with Gasteiger partial charge in [-0.1, -0.05) is 60.8 Å². The maximum absolute atomic E-state index is 14.0. The van der Waals surface area contributed by atoms with Gasteiger partial charge in [0.25, 0.3) is 10.0 Å². The molecule has 226 valence electrons. The number of halogens is 3. The molecule has 0 radical (unpaired) electrons. The fourth-order valence-corrected chi connectivity index (χ4v) is 6.64. The van der Waals surface area contributed by atoms with Crippen LogP contribution >= 0.6 is 39.1 Å². The van der Waals surface area contributed by atoms with Crippen LogP contribution in [0.25, 0.3) is 0 Å². The van der Waals surface area contributed by atoms with E-state index in [1.54, 1.807) is 49.4 Å². The maximum Gasteiger partial charge on any atom is 0.264 e. The van der Waals surface area contributed by atoms with Crippen molar-refractivity contribution >= 4 is 66.7 Å². The number of hydrogen-bond donors (Lipinski definition) is 1. The summed E-state index contributed by atoms with van der Waals surface area (Å²) in [5.41, 5.74) is 1.77. The van der Waals surface area contributed by atoms with Gasteiger partial charge in [0.2, 0.25) is 11.8 Å². The summed E-state index contributed by atoms with van der Waals surface area (Å²) < 4.78 is 34.8. The number of hydrogen-bond acceptors (Lipinski definition) is 5. The van der Waals surface area contributed by atoms with Crippen molar-refractivity contribution in [1.82, 2.24) is 10.2 Å². The molecule has 0 fully saturated rings. The highest BCUT2D eigenvalue weighted by Gasteiger charge is 2.33. The average Bonchev–Trinajstić information content (AvgIpc) is 2.94. The first-order chi connectivity index (χ1) is 19.7. The van der Waals surface area contributed by atoms with Crippen LogP contribution in [0.15, 0.2) is 70.0 Å². The topological polar surface area (TPSA) is 96.0 Å². The summed E-state index contributed by atoms with van der Waals surface area (Å²) in [4.78, 5) is 28.5. The quantitative estimate of drug-likeness (QED) is 0.234. The molecule has 42 heavy (non-hydrogen) atoms. The molecule has 2 amide bonds. The Hall–Kier alpha value is -2.79. The summed E-state index contributed by atoms with van der Waals surface area (Å²) in [6.07, 6.45) is 0. The number of benzene rings is 3. The summed E-state index contributed by atoms with van der Waals surface area (Å²) in [7, 11) is -2.76. The zero-order chi connectivity index (χ0) is 31.2. The number of anilines is 1. The van der Waals surface area contributed by atoms with Gasteiger partial charge in [-0.2, -0.15) is 0 Å². The van der Waals surface area contributed by atoms with E-state index in [-0.39, 0.29) is 23.3 Å². The minimum atomic E-state index is -4.24. The number of carbonyl (C=O) groups is 2. The molecule has 0 aliphatic rings. The minimum absolute atomic E-state index is 0.0407. The lowest BCUT2D eigenvalue weighted by Gasteiger charge is -2.32. The first-order valence-electron chi connectivity index (χ1n) is 13.2. The van der Waals surface area contributed by atoms with Crippen LogP contribution < -0.4 is 14.4 Å². The maximum atomic E-state index is 14.0. The highest BCUT2D eigenvalue weighted by atomic mass is 79.9. The molecule has 1 atom stereocenters. The van der Waals surface area contributed by atoms with Crippen molar-refractivity contribution in [2.45, 2.75) is 45.2 Å². The van der Waals surface area contributed by atoms with Gasteiger partial charge >= 0.3 is 0 Å². The number of nitrogens with zero attached hydrogens (tertiary/aromatic N) is 2. The smallest absolute Gasteiger partial charge is 0.264 e. The third kappa shape index (κ3) is 8.40. The third-order valence-electron chi connectivity index (χ3n) is 6.52. The highest BCUT2D eigenvalue weighted by molar-refractivity contribution is 9.10. The molecule has 0 spiro atoms. The number of aryl methyl sites for hydroxylation is 1. The summed E-state index contributed by atoms with van der Waals surface area (Å²) in [5.74, 6) is -0.308. The molecule has 0 saturated heterocycles. The zero-order valence-electron chi connectivity index (χ0n) is 24.0. The second-order valence-corrected chi connectivity index (χ2v) is 13.8. The second-order valence-electron chi connectivity index (χ2n) is 10.2. The predicted molar refractivity (Wildman–Crippen MR) is 171 cm³/mol. The van der Waals surface area contributed by atoms with Crippen LogP contribution in [0, 0.1) is 12.8 Å². The van der Waals surface area contributed by atoms with Crippen molar-refractivity contribution in [3.8, 4) is 5.75 Å². The zero-order valence-corrected chi connectivity index (χ0v) is 27.9. The normalized spacial score (nSPS) is 12.1. The monoisotopic (exact) mass is 697 g/mol. The van der Waals surface area contributed by atoms with Gasteiger partial charge < -0.3 is 15.0 Å². The standard InChI is InChI=1S/C30H34BrCl2N3O5S/c1-19(2)16-34-30(38)21(4)35(17-22-8-9-23(32)14-27(22)33)29(37)18-36(24-10-6-20(3)7-11-24)42(39,40)25-12-13-28(41-5)26(31)15-25/h6-15,19,21H,16-18H2,1-5H3,(H,34,38)/t21-/m1/s1. The molecule has 3 rings (SSSR count). The number of sulfonamides is 1. The summed E-state index contributed by atoms with van der Waals surface area (Å²) in [5, 5.41) is 3.60. The lowest BCUT2D eigenvalue weighted by atomic mass is 10.1.